The highest BCUT2D eigenvalue weighted by molar-refractivity contribution is 5.84. The van der Waals surface area contributed by atoms with E-state index in [-0.39, 0.29) is 5.56 Å². The molecule has 2 rings (SSSR count). The van der Waals surface area contributed by atoms with Crippen LogP contribution >= 0.6 is 0 Å². The zero-order chi connectivity index (χ0) is 14.0. The summed E-state index contributed by atoms with van der Waals surface area (Å²) >= 11 is 0. The summed E-state index contributed by atoms with van der Waals surface area (Å²) in [5, 5.41) is 14.3. The molecule has 0 fully saturated rings. The van der Waals surface area contributed by atoms with Crippen molar-refractivity contribution in [1.82, 2.24) is 9.78 Å². The zero-order valence-corrected chi connectivity index (χ0v) is 11.0. The summed E-state index contributed by atoms with van der Waals surface area (Å²) in [6, 6.07) is 5.62. The van der Waals surface area contributed by atoms with Gasteiger partial charge in [0, 0.05) is 5.39 Å². The minimum Gasteiger partial charge on any atom is -0.480 e. The van der Waals surface area contributed by atoms with E-state index in [4.69, 9.17) is 5.11 Å². The minimum atomic E-state index is -1.07. The molecule has 0 aliphatic carbocycles. The Bertz CT molecular complexity index is 689. The number of hydrogen-bond donors (Lipinski definition) is 1. The van der Waals surface area contributed by atoms with E-state index in [1.54, 1.807) is 6.07 Å². The molecule has 100 valence electrons. The second-order valence-electron chi connectivity index (χ2n) is 4.39. The number of rotatable bonds is 4. The molecule has 5 heteroatoms. The van der Waals surface area contributed by atoms with Crippen molar-refractivity contribution in [1.29, 1.82) is 0 Å². The summed E-state index contributed by atoms with van der Waals surface area (Å²) < 4.78 is 1.02. The molecule has 1 aromatic carbocycles. The predicted molar refractivity (Wildman–Crippen MR) is 72.4 cm³/mol. The van der Waals surface area contributed by atoms with Crippen LogP contribution < -0.4 is 5.56 Å². The second kappa shape index (κ2) is 5.22. The maximum atomic E-state index is 12.2. The molecule has 0 saturated carbocycles. The van der Waals surface area contributed by atoms with Gasteiger partial charge in [-0.2, -0.15) is 5.10 Å². The topological polar surface area (TPSA) is 72.2 Å². The van der Waals surface area contributed by atoms with Crippen LogP contribution in [-0.2, 0) is 24.2 Å². The zero-order valence-electron chi connectivity index (χ0n) is 11.0. The number of carbonyl (C=O) groups is 1. The Kier molecular flexibility index (Phi) is 3.64. The van der Waals surface area contributed by atoms with Gasteiger partial charge in [-0.15, -0.1) is 0 Å². The number of aryl methyl sites for hydroxylation is 2. The summed E-state index contributed by atoms with van der Waals surface area (Å²) in [5.41, 5.74) is 1.54. The fraction of sp³-hybridized carbons (Fsp3) is 0.357. The highest BCUT2D eigenvalue weighted by atomic mass is 16.4. The van der Waals surface area contributed by atoms with Gasteiger partial charge in [-0.25, -0.2) is 4.68 Å². The molecule has 19 heavy (non-hydrogen) atoms. The predicted octanol–water partition coefficient (Wildman–Crippen LogP) is 1.61. The molecule has 5 nitrogen and oxygen atoms in total. The third kappa shape index (κ3) is 2.50. The van der Waals surface area contributed by atoms with Crippen LogP contribution in [0.1, 0.15) is 25.1 Å². The highest BCUT2D eigenvalue weighted by Crippen LogP contribution is 2.16. The first-order chi connectivity index (χ1) is 9.06. The van der Waals surface area contributed by atoms with E-state index in [0.717, 1.165) is 27.7 Å². The third-order valence-corrected chi connectivity index (χ3v) is 3.13. The van der Waals surface area contributed by atoms with E-state index in [2.05, 4.69) is 5.10 Å². The molecule has 0 aliphatic rings. The second-order valence-corrected chi connectivity index (χ2v) is 4.39. The molecular weight excluding hydrogens is 244 g/mol. The van der Waals surface area contributed by atoms with Crippen LogP contribution in [0.25, 0.3) is 10.8 Å². The number of aromatic nitrogens is 2. The van der Waals surface area contributed by atoms with Crippen molar-refractivity contribution < 1.29 is 9.90 Å². The first kappa shape index (κ1) is 13.3. The Hall–Kier alpha value is -2.17. The van der Waals surface area contributed by atoms with Crippen LogP contribution in [0, 0.1) is 0 Å². The van der Waals surface area contributed by atoms with E-state index < -0.39 is 12.5 Å². The molecule has 0 saturated heterocycles. The van der Waals surface area contributed by atoms with E-state index in [0.29, 0.717) is 11.8 Å². The van der Waals surface area contributed by atoms with Gasteiger partial charge in [0.15, 0.2) is 0 Å². The molecular formula is C14H16N2O3. The smallest absolute Gasteiger partial charge is 0.325 e. The van der Waals surface area contributed by atoms with Crippen LogP contribution in [0.4, 0.5) is 0 Å². The summed E-state index contributed by atoms with van der Waals surface area (Å²) in [5.74, 6) is -1.07. The average Bonchev–Trinajstić information content (AvgIpc) is 2.40. The normalized spacial score (nSPS) is 10.8. The fourth-order valence-electron chi connectivity index (χ4n) is 2.12. The van der Waals surface area contributed by atoms with E-state index in [1.165, 1.54) is 0 Å². The van der Waals surface area contributed by atoms with Crippen molar-refractivity contribution in [2.24, 2.45) is 0 Å². The quantitative estimate of drug-likeness (QED) is 0.906. The number of carboxylic acid groups (broad SMARTS) is 1. The van der Waals surface area contributed by atoms with Crippen LogP contribution in [-0.4, -0.2) is 20.9 Å². The van der Waals surface area contributed by atoms with Gasteiger partial charge in [-0.1, -0.05) is 19.9 Å². The number of benzene rings is 1. The van der Waals surface area contributed by atoms with Gasteiger partial charge in [-0.05, 0) is 30.5 Å². The highest BCUT2D eigenvalue weighted by Gasteiger charge is 2.11. The molecule has 0 aliphatic heterocycles. The van der Waals surface area contributed by atoms with Gasteiger partial charge in [0.05, 0.1) is 11.1 Å². The monoisotopic (exact) mass is 260 g/mol. The summed E-state index contributed by atoms with van der Waals surface area (Å²) in [6.45, 7) is 3.58. The number of aliphatic carboxylic acids is 1. The number of nitrogens with zero attached hydrogens (tertiary/aromatic N) is 2. The summed E-state index contributed by atoms with van der Waals surface area (Å²) in [4.78, 5) is 22.9. The van der Waals surface area contributed by atoms with Gasteiger partial charge in [0.1, 0.15) is 6.54 Å². The molecule has 0 amide bonds. The van der Waals surface area contributed by atoms with Gasteiger partial charge in [-0.3, -0.25) is 9.59 Å². The average molecular weight is 260 g/mol. The first-order valence-corrected chi connectivity index (χ1v) is 6.31. The molecule has 1 aromatic heterocycles. The van der Waals surface area contributed by atoms with Crippen LogP contribution in [0.15, 0.2) is 23.0 Å². The van der Waals surface area contributed by atoms with E-state index >= 15 is 0 Å². The van der Waals surface area contributed by atoms with E-state index in [9.17, 15) is 9.59 Å². The molecule has 0 unspecified atom stereocenters. The SMILES string of the molecule is CCc1ccc2c(=O)n(CC(=O)O)nc(CC)c2c1. The van der Waals surface area contributed by atoms with Crippen molar-refractivity contribution in [3.8, 4) is 0 Å². The lowest BCUT2D eigenvalue weighted by Crippen LogP contribution is -2.28. The Labute approximate surface area is 110 Å². The Morgan fingerprint density at radius 3 is 2.58 bits per heavy atom. The maximum Gasteiger partial charge on any atom is 0.325 e. The molecule has 0 radical (unpaired) electrons. The lowest BCUT2D eigenvalue weighted by Gasteiger charge is -2.09. The third-order valence-electron chi connectivity index (χ3n) is 3.13. The lowest BCUT2D eigenvalue weighted by molar-refractivity contribution is -0.138. The summed E-state index contributed by atoms with van der Waals surface area (Å²) in [6.07, 6.45) is 1.54. The fourth-order valence-corrected chi connectivity index (χ4v) is 2.12. The van der Waals surface area contributed by atoms with Crippen LogP contribution in [0.5, 0.6) is 0 Å². The van der Waals surface area contributed by atoms with Crippen molar-refractivity contribution in [2.75, 3.05) is 0 Å². The largest absolute Gasteiger partial charge is 0.480 e. The van der Waals surface area contributed by atoms with Gasteiger partial charge in [0.2, 0.25) is 0 Å². The molecule has 0 bridgehead atoms. The van der Waals surface area contributed by atoms with Gasteiger partial charge in [0.25, 0.3) is 5.56 Å². The number of fused-ring (bicyclic) bond motifs is 1. The molecule has 0 atom stereocenters. The molecule has 1 N–H and O–H groups in total. The van der Waals surface area contributed by atoms with Crippen molar-refractivity contribution in [2.45, 2.75) is 33.2 Å². The Morgan fingerprint density at radius 1 is 1.26 bits per heavy atom. The van der Waals surface area contributed by atoms with Gasteiger partial charge >= 0.3 is 5.97 Å². The molecule has 2 aromatic rings. The number of hydrogen-bond acceptors (Lipinski definition) is 3. The standard InChI is InChI=1S/C14H16N2O3/c1-3-9-5-6-10-11(7-9)12(4-2)15-16(14(10)19)8-13(17)18/h5-7H,3-4,8H2,1-2H3,(H,17,18). The summed E-state index contributed by atoms with van der Waals surface area (Å²) in [7, 11) is 0. The number of carboxylic acids is 1. The lowest BCUT2D eigenvalue weighted by atomic mass is 10.0. The maximum absolute atomic E-state index is 12.2. The van der Waals surface area contributed by atoms with Crippen molar-refractivity contribution in [3.63, 3.8) is 0 Å². The minimum absolute atomic E-state index is 0.350. The molecule has 1 heterocycles. The Morgan fingerprint density at radius 2 is 2.00 bits per heavy atom. The van der Waals surface area contributed by atoms with Gasteiger partial charge < -0.3 is 5.11 Å². The first-order valence-electron chi connectivity index (χ1n) is 6.31. The van der Waals surface area contributed by atoms with Crippen LogP contribution in [0.3, 0.4) is 0 Å². The van der Waals surface area contributed by atoms with Crippen molar-refractivity contribution >= 4 is 16.7 Å². The van der Waals surface area contributed by atoms with Crippen molar-refractivity contribution in [3.05, 3.63) is 39.8 Å². The van der Waals surface area contributed by atoms with E-state index in [1.807, 2.05) is 26.0 Å². The Balaban J connectivity index is 2.75. The van der Waals surface area contributed by atoms with Crippen LogP contribution in [0.2, 0.25) is 0 Å². The molecule has 0 spiro atoms.